The van der Waals surface area contributed by atoms with Gasteiger partial charge in [-0.3, -0.25) is 14.4 Å². The SMILES string of the molecule is COc1cc(O)c2c(O)c3c(c4c2c1C1(C4)C(C)=CCCC1(C)C)C(O)C1(O)CC(=O)C(C(C)=O)=C(O)C1(O)C3=O. The van der Waals surface area contributed by atoms with Crippen molar-refractivity contribution >= 4 is 28.1 Å². The van der Waals surface area contributed by atoms with Gasteiger partial charge in [0.25, 0.3) is 0 Å². The minimum atomic E-state index is -3.33. The molecule has 0 bridgehead atoms. The number of aliphatic hydroxyl groups is 4. The number of methoxy groups -OCH3 is 1. The number of allylic oxidation sites excluding steroid dienone is 3. The third-order valence-corrected chi connectivity index (χ3v) is 10.3. The Morgan fingerprint density at radius 1 is 1.07 bits per heavy atom. The van der Waals surface area contributed by atoms with Gasteiger partial charge in [-0.1, -0.05) is 25.5 Å². The van der Waals surface area contributed by atoms with E-state index in [2.05, 4.69) is 19.9 Å². The Morgan fingerprint density at radius 3 is 2.32 bits per heavy atom. The highest BCUT2D eigenvalue weighted by atomic mass is 16.5. The van der Waals surface area contributed by atoms with Crippen molar-refractivity contribution in [3.8, 4) is 17.2 Å². The molecule has 0 amide bonds. The molecule has 0 aliphatic heterocycles. The van der Waals surface area contributed by atoms with Gasteiger partial charge < -0.3 is 35.4 Å². The van der Waals surface area contributed by atoms with E-state index >= 15 is 0 Å². The summed E-state index contributed by atoms with van der Waals surface area (Å²) in [4.78, 5) is 39.2. The molecule has 0 saturated heterocycles. The fourth-order valence-electron chi connectivity index (χ4n) is 8.22. The minimum absolute atomic E-state index is 0.114. The molecule has 6 N–H and O–H groups in total. The molecule has 0 saturated carbocycles. The molecule has 10 heteroatoms. The van der Waals surface area contributed by atoms with Crippen LogP contribution in [0.4, 0.5) is 0 Å². The largest absolute Gasteiger partial charge is 0.508 e. The zero-order chi connectivity index (χ0) is 30.2. The van der Waals surface area contributed by atoms with Crippen molar-refractivity contribution in [2.45, 2.75) is 76.1 Å². The molecule has 0 heterocycles. The first-order valence-electron chi connectivity index (χ1n) is 13.5. The highest BCUT2D eigenvalue weighted by Crippen LogP contribution is 2.66. The summed E-state index contributed by atoms with van der Waals surface area (Å²) < 4.78 is 5.74. The molecule has 4 aliphatic carbocycles. The first-order valence-corrected chi connectivity index (χ1v) is 13.5. The molecule has 216 valence electrons. The number of phenolic OH excluding ortho intramolecular Hbond substituents is 2. The standard InChI is InChI=1S/C31H32O10/c1-12-7-6-8-28(3,4)29(12)10-14-19-21(15(33)9-17(41-5)23(19)29)24(35)22-20(14)25(36)30(39)11-16(34)18(13(2)32)26(37)31(30,40)27(22)38/h7,9,25,33,35-37,39-40H,6,8,10-11H2,1-5H3. The monoisotopic (exact) mass is 564 g/mol. The Morgan fingerprint density at radius 2 is 1.73 bits per heavy atom. The Bertz CT molecular complexity index is 1710. The summed E-state index contributed by atoms with van der Waals surface area (Å²) in [5, 5.41) is 69.2. The van der Waals surface area contributed by atoms with E-state index in [9.17, 15) is 45.0 Å². The fourth-order valence-corrected chi connectivity index (χ4v) is 8.22. The molecule has 1 spiro atoms. The predicted octanol–water partition coefficient (Wildman–Crippen LogP) is 2.89. The summed E-state index contributed by atoms with van der Waals surface area (Å²) >= 11 is 0. The molecule has 0 radical (unpaired) electrons. The Labute approximate surface area is 235 Å². The van der Waals surface area contributed by atoms with Crippen molar-refractivity contribution in [1.29, 1.82) is 0 Å². The predicted molar refractivity (Wildman–Crippen MR) is 145 cm³/mol. The number of phenols is 2. The average Bonchev–Trinajstić information content (AvgIpc) is 3.24. The number of ketones is 3. The highest BCUT2D eigenvalue weighted by molar-refractivity contribution is 6.24. The third-order valence-electron chi connectivity index (χ3n) is 10.3. The quantitative estimate of drug-likeness (QED) is 0.234. The van der Waals surface area contributed by atoms with E-state index < -0.39 is 80.3 Å². The summed E-state index contributed by atoms with van der Waals surface area (Å²) in [5.41, 5.74) is -7.20. The van der Waals surface area contributed by atoms with E-state index in [1.165, 1.54) is 13.2 Å². The Balaban J connectivity index is 1.79. The van der Waals surface area contributed by atoms with Gasteiger partial charge >= 0.3 is 0 Å². The lowest BCUT2D eigenvalue weighted by Gasteiger charge is -2.51. The number of Topliss-reactive ketones (excluding diaryl/α,β-unsaturated/α-hetero) is 3. The van der Waals surface area contributed by atoms with Crippen molar-refractivity contribution in [1.82, 2.24) is 0 Å². The Kier molecular flexibility index (Phi) is 5.33. The van der Waals surface area contributed by atoms with Crippen molar-refractivity contribution in [2.24, 2.45) is 5.41 Å². The molecule has 4 aliphatic rings. The molecule has 4 atom stereocenters. The van der Waals surface area contributed by atoms with Crippen molar-refractivity contribution in [3.63, 3.8) is 0 Å². The lowest BCUT2D eigenvalue weighted by Crippen LogP contribution is -2.69. The summed E-state index contributed by atoms with van der Waals surface area (Å²) in [6.07, 6.45) is 0.663. The van der Waals surface area contributed by atoms with Gasteiger partial charge in [0.2, 0.25) is 11.4 Å². The smallest absolute Gasteiger partial charge is 0.217 e. The number of benzene rings is 2. The number of rotatable bonds is 2. The number of carbonyl (C=O) groups is 3. The lowest BCUT2D eigenvalue weighted by molar-refractivity contribution is -0.193. The zero-order valence-electron chi connectivity index (χ0n) is 23.4. The highest BCUT2D eigenvalue weighted by Gasteiger charge is 2.71. The molecule has 2 aromatic carbocycles. The molecule has 2 aromatic rings. The first kappa shape index (κ1) is 27.4. The summed E-state index contributed by atoms with van der Waals surface area (Å²) in [5.74, 6) is -5.67. The van der Waals surface area contributed by atoms with Crippen molar-refractivity contribution in [2.75, 3.05) is 7.11 Å². The van der Waals surface area contributed by atoms with E-state index in [-0.39, 0.29) is 17.4 Å². The number of carbonyl (C=O) groups excluding carboxylic acids is 3. The number of ether oxygens (including phenoxy) is 1. The van der Waals surface area contributed by atoms with Crippen LogP contribution in [0.2, 0.25) is 0 Å². The van der Waals surface area contributed by atoms with Crippen LogP contribution in [0.3, 0.4) is 0 Å². The van der Waals surface area contributed by atoms with Crippen LogP contribution in [-0.2, 0) is 21.4 Å². The van der Waals surface area contributed by atoms with Crippen LogP contribution in [-0.4, -0.2) is 66.3 Å². The van der Waals surface area contributed by atoms with Gasteiger partial charge in [-0.25, -0.2) is 0 Å². The van der Waals surface area contributed by atoms with Crippen LogP contribution >= 0.6 is 0 Å². The van der Waals surface area contributed by atoms with Crippen LogP contribution in [0.15, 0.2) is 29.0 Å². The van der Waals surface area contributed by atoms with E-state index in [1.54, 1.807) is 0 Å². The second kappa shape index (κ2) is 7.96. The minimum Gasteiger partial charge on any atom is -0.508 e. The van der Waals surface area contributed by atoms with Crippen molar-refractivity contribution < 1.29 is 49.8 Å². The summed E-state index contributed by atoms with van der Waals surface area (Å²) in [6, 6.07) is 1.35. The number of aromatic hydroxyl groups is 2. The number of hydrogen-bond acceptors (Lipinski definition) is 10. The van der Waals surface area contributed by atoms with Gasteiger partial charge in [0.05, 0.1) is 18.1 Å². The molecule has 0 fully saturated rings. The number of fused-ring (bicyclic) bond motifs is 4. The van der Waals surface area contributed by atoms with Crippen LogP contribution in [0.1, 0.15) is 80.1 Å². The maximum Gasteiger partial charge on any atom is 0.217 e. The second-order valence-electron chi connectivity index (χ2n) is 12.5. The first-order chi connectivity index (χ1) is 19.0. The van der Waals surface area contributed by atoms with Gasteiger partial charge in [0.15, 0.2) is 11.6 Å². The lowest BCUT2D eigenvalue weighted by atomic mass is 9.54. The van der Waals surface area contributed by atoms with Gasteiger partial charge in [0, 0.05) is 34.4 Å². The van der Waals surface area contributed by atoms with Gasteiger partial charge in [-0.2, -0.15) is 0 Å². The molecule has 0 aromatic heterocycles. The normalized spacial score (nSPS) is 31.8. The summed E-state index contributed by atoms with van der Waals surface area (Å²) in [7, 11) is 1.45. The number of aliphatic hydroxyl groups excluding tert-OH is 2. The zero-order valence-corrected chi connectivity index (χ0v) is 23.4. The molecular weight excluding hydrogens is 532 g/mol. The van der Waals surface area contributed by atoms with Crippen molar-refractivity contribution in [3.05, 3.63) is 51.3 Å². The van der Waals surface area contributed by atoms with E-state index in [1.807, 2.05) is 6.92 Å². The van der Waals surface area contributed by atoms with Crippen LogP contribution < -0.4 is 4.74 Å². The molecule has 10 nitrogen and oxygen atoms in total. The van der Waals surface area contributed by atoms with Gasteiger partial charge in [-0.05, 0) is 44.1 Å². The average molecular weight is 565 g/mol. The molecular formula is C31H32O10. The molecule has 6 rings (SSSR count). The number of hydrogen-bond donors (Lipinski definition) is 6. The summed E-state index contributed by atoms with van der Waals surface area (Å²) in [6.45, 7) is 7.09. The van der Waals surface area contributed by atoms with E-state index in [0.29, 0.717) is 22.3 Å². The van der Waals surface area contributed by atoms with Gasteiger partial charge in [0.1, 0.15) is 40.3 Å². The third kappa shape index (κ3) is 2.80. The maximum atomic E-state index is 14.1. The fraction of sp³-hybridized carbons (Fsp3) is 0.452. The van der Waals surface area contributed by atoms with E-state index in [0.717, 1.165) is 25.3 Å². The van der Waals surface area contributed by atoms with E-state index in [4.69, 9.17) is 4.74 Å². The second-order valence-corrected chi connectivity index (χ2v) is 12.5. The molecule has 41 heavy (non-hydrogen) atoms. The van der Waals surface area contributed by atoms with Crippen LogP contribution in [0.5, 0.6) is 17.2 Å². The van der Waals surface area contributed by atoms with Crippen LogP contribution in [0, 0.1) is 5.41 Å². The maximum absolute atomic E-state index is 14.1. The Hall–Kier alpha value is -3.73. The van der Waals surface area contributed by atoms with Gasteiger partial charge in [-0.15, -0.1) is 0 Å². The topological polar surface area (TPSA) is 182 Å². The van der Waals surface area contributed by atoms with Crippen LogP contribution in [0.25, 0.3) is 10.8 Å². The molecule has 4 unspecified atom stereocenters.